The molecule has 1 aliphatic carbocycles. The molecule has 0 bridgehead atoms. The van der Waals surface area contributed by atoms with E-state index in [2.05, 4.69) is 0 Å². The first-order valence-electron chi connectivity index (χ1n) is 8.92. The summed E-state index contributed by atoms with van der Waals surface area (Å²) in [4.78, 5) is 12.0. The normalized spacial score (nSPS) is 48.4. The van der Waals surface area contributed by atoms with Crippen LogP contribution < -0.4 is 0 Å². The molecule has 1 saturated carbocycles. The van der Waals surface area contributed by atoms with Crippen LogP contribution in [0.1, 0.15) is 13.3 Å². The van der Waals surface area contributed by atoms with Gasteiger partial charge in [0.1, 0.15) is 24.4 Å². The third kappa shape index (κ3) is 3.53. The van der Waals surface area contributed by atoms with Gasteiger partial charge in [0.25, 0.3) is 0 Å². The van der Waals surface area contributed by atoms with E-state index in [0.29, 0.717) is 0 Å². The van der Waals surface area contributed by atoms with Crippen LogP contribution in [0, 0.1) is 11.8 Å². The van der Waals surface area contributed by atoms with Crippen molar-refractivity contribution in [2.24, 2.45) is 11.8 Å². The molecule has 10 atom stereocenters. The van der Waals surface area contributed by atoms with Gasteiger partial charge in [-0.1, -0.05) is 0 Å². The first-order chi connectivity index (χ1) is 13.1. The predicted octanol–water partition coefficient (Wildman–Crippen LogP) is -3.04. The van der Waals surface area contributed by atoms with Crippen molar-refractivity contribution in [1.82, 2.24) is 0 Å². The van der Waals surface area contributed by atoms with Gasteiger partial charge in [0, 0.05) is 12.3 Å². The highest BCUT2D eigenvalue weighted by molar-refractivity contribution is 5.89. The summed E-state index contributed by atoms with van der Waals surface area (Å²) in [7, 11) is 1.17. The molecule has 0 radical (unpaired) electrons. The van der Waals surface area contributed by atoms with Crippen molar-refractivity contribution in [3.63, 3.8) is 0 Å². The van der Waals surface area contributed by atoms with Crippen LogP contribution in [-0.2, 0) is 23.7 Å². The Hall–Kier alpha value is -1.31. The number of methoxy groups -OCH3 is 1. The van der Waals surface area contributed by atoms with Crippen LogP contribution in [0.3, 0.4) is 0 Å². The number of aliphatic hydroxyl groups is 6. The number of carbonyl (C=O) groups excluding carboxylic acids is 1. The molecule has 6 N–H and O–H groups in total. The first-order valence-corrected chi connectivity index (χ1v) is 8.92. The van der Waals surface area contributed by atoms with Crippen molar-refractivity contribution >= 4 is 5.97 Å². The van der Waals surface area contributed by atoms with Crippen LogP contribution in [0.4, 0.5) is 0 Å². The monoisotopic (exact) mass is 406 g/mol. The number of rotatable bonds is 4. The average Bonchev–Trinajstić information content (AvgIpc) is 2.91. The van der Waals surface area contributed by atoms with E-state index in [9.17, 15) is 35.4 Å². The summed E-state index contributed by atoms with van der Waals surface area (Å²) in [6, 6.07) is 0. The predicted molar refractivity (Wildman–Crippen MR) is 88.1 cm³/mol. The van der Waals surface area contributed by atoms with Crippen LogP contribution >= 0.6 is 0 Å². The molecule has 160 valence electrons. The molecule has 2 aliphatic heterocycles. The number of aliphatic hydroxyl groups excluding tert-OH is 5. The van der Waals surface area contributed by atoms with E-state index >= 15 is 0 Å². The zero-order valence-electron chi connectivity index (χ0n) is 15.4. The number of hydrogen-bond acceptors (Lipinski definition) is 11. The molecule has 0 spiro atoms. The van der Waals surface area contributed by atoms with Crippen LogP contribution in [-0.4, -0.2) is 99.0 Å². The molecule has 0 aromatic rings. The minimum atomic E-state index is -1.66. The Morgan fingerprint density at radius 3 is 2.50 bits per heavy atom. The van der Waals surface area contributed by atoms with Gasteiger partial charge < -0.3 is 49.6 Å². The van der Waals surface area contributed by atoms with Crippen LogP contribution in [0.2, 0.25) is 0 Å². The fourth-order valence-electron chi connectivity index (χ4n) is 4.21. The topological polar surface area (TPSA) is 175 Å². The first kappa shape index (κ1) is 21.4. The quantitative estimate of drug-likeness (QED) is 0.262. The lowest BCUT2D eigenvalue weighted by Crippen LogP contribution is -2.60. The van der Waals surface area contributed by atoms with Crippen molar-refractivity contribution in [2.75, 3.05) is 13.7 Å². The summed E-state index contributed by atoms with van der Waals surface area (Å²) in [5.74, 6) is -2.50. The van der Waals surface area contributed by atoms with Gasteiger partial charge in [-0.05, 0) is 6.92 Å². The second-order valence-electron chi connectivity index (χ2n) is 7.58. The fraction of sp³-hybridized carbons (Fsp3) is 0.824. The standard InChI is InChI=1S/C17H26O11/c1-17(24)3-7(19)9-6(14(23)25-2)5-26-15(10(9)17)28-16-13(22)12(21)11(20)8(4-18)27-16/h5,7-13,15-16,18-22,24H,3-4H2,1-2H3/t7-,8-,9-,10+,11-,12+,13-,15+,16+,17+/m1/s1. The van der Waals surface area contributed by atoms with E-state index in [1.165, 1.54) is 14.0 Å². The van der Waals surface area contributed by atoms with Crippen LogP contribution in [0.5, 0.6) is 0 Å². The molecule has 1 saturated heterocycles. The Morgan fingerprint density at radius 2 is 1.89 bits per heavy atom. The number of carbonyl (C=O) groups is 1. The Morgan fingerprint density at radius 1 is 1.21 bits per heavy atom. The van der Waals surface area contributed by atoms with Gasteiger partial charge in [-0.25, -0.2) is 4.79 Å². The molecule has 0 amide bonds. The lowest BCUT2D eigenvalue weighted by molar-refractivity contribution is -0.346. The number of esters is 1. The van der Waals surface area contributed by atoms with E-state index in [4.69, 9.17) is 18.9 Å². The summed E-state index contributed by atoms with van der Waals surface area (Å²) in [6.45, 7) is 0.819. The summed E-state index contributed by atoms with van der Waals surface area (Å²) in [6.07, 6.45) is -8.88. The molecule has 0 aromatic carbocycles. The summed E-state index contributed by atoms with van der Waals surface area (Å²) in [5.41, 5.74) is -1.46. The molecule has 0 unspecified atom stereocenters. The highest BCUT2D eigenvalue weighted by Crippen LogP contribution is 2.49. The van der Waals surface area contributed by atoms with E-state index in [0.717, 1.165) is 6.26 Å². The summed E-state index contributed by atoms with van der Waals surface area (Å²) >= 11 is 0. The molecule has 28 heavy (non-hydrogen) atoms. The minimum absolute atomic E-state index is 0.0337. The molecule has 11 nitrogen and oxygen atoms in total. The molecular formula is C17H26O11. The molecule has 11 heteroatoms. The van der Waals surface area contributed by atoms with Gasteiger partial charge in [0.2, 0.25) is 6.29 Å². The number of hydrogen-bond donors (Lipinski definition) is 6. The molecule has 2 heterocycles. The maximum absolute atomic E-state index is 12.0. The number of fused-ring (bicyclic) bond motifs is 1. The third-order valence-electron chi connectivity index (χ3n) is 5.66. The Kier molecular flexibility index (Phi) is 5.99. The van der Waals surface area contributed by atoms with E-state index in [1.807, 2.05) is 0 Å². The van der Waals surface area contributed by atoms with Crippen LogP contribution in [0.15, 0.2) is 11.8 Å². The number of ether oxygens (including phenoxy) is 4. The van der Waals surface area contributed by atoms with E-state index in [-0.39, 0.29) is 12.0 Å². The van der Waals surface area contributed by atoms with Gasteiger partial charge in [-0.15, -0.1) is 0 Å². The van der Waals surface area contributed by atoms with Crippen molar-refractivity contribution in [3.05, 3.63) is 11.8 Å². The van der Waals surface area contributed by atoms with E-state index in [1.54, 1.807) is 0 Å². The lowest BCUT2D eigenvalue weighted by Gasteiger charge is -2.44. The Labute approximate surface area is 160 Å². The second-order valence-corrected chi connectivity index (χ2v) is 7.58. The maximum Gasteiger partial charge on any atom is 0.337 e. The van der Waals surface area contributed by atoms with Gasteiger partial charge in [-0.2, -0.15) is 0 Å². The largest absolute Gasteiger partial charge is 0.471 e. The summed E-state index contributed by atoms with van der Waals surface area (Å²) in [5, 5.41) is 60.4. The minimum Gasteiger partial charge on any atom is -0.471 e. The average molecular weight is 406 g/mol. The zero-order chi connectivity index (χ0) is 20.8. The van der Waals surface area contributed by atoms with E-state index < -0.39 is 73.1 Å². The lowest BCUT2D eigenvalue weighted by atomic mass is 9.80. The highest BCUT2D eigenvalue weighted by Gasteiger charge is 2.59. The van der Waals surface area contributed by atoms with Gasteiger partial charge in [0.05, 0.1) is 43.2 Å². The van der Waals surface area contributed by atoms with Crippen molar-refractivity contribution in [2.45, 2.75) is 62.0 Å². The van der Waals surface area contributed by atoms with Crippen LogP contribution in [0.25, 0.3) is 0 Å². The Balaban J connectivity index is 1.86. The molecular weight excluding hydrogens is 380 g/mol. The molecule has 3 aliphatic rings. The SMILES string of the molecule is COC(=O)C1=CO[C@@H](O[C@@H]2O[C@H](CO)[C@@H](O)[C@H](O)[C@H]2O)[C@@H]2[C@H]1[C@H](O)C[C@]2(C)O. The summed E-state index contributed by atoms with van der Waals surface area (Å²) < 4.78 is 21.1. The van der Waals surface area contributed by atoms with Crippen molar-refractivity contribution in [1.29, 1.82) is 0 Å². The zero-order valence-corrected chi connectivity index (χ0v) is 15.4. The fourth-order valence-corrected chi connectivity index (χ4v) is 4.21. The second kappa shape index (κ2) is 7.84. The molecule has 2 fully saturated rings. The maximum atomic E-state index is 12.0. The molecule has 0 aromatic heterocycles. The van der Waals surface area contributed by atoms with Gasteiger partial charge in [0.15, 0.2) is 6.29 Å². The third-order valence-corrected chi connectivity index (χ3v) is 5.66. The van der Waals surface area contributed by atoms with Crippen molar-refractivity contribution < 1.29 is 54.4 Å². The smallest absolute Gasteiger partial charge is 0.337 e. The molecule has 3 rings (SSSR count). The highest BCUT2D eigenvalue weighted by atomic mass is 16.8. The van der Waals surface area contributed by atoms with Gasteiger partial charge >= 0.3 is 5.97 Å². The van der Waals surface area contributed by atoms with Gasteiger partial charge in [-0.3, -0.25) is 0 Å². The van der Waals surface area contributed by atoms with Crippen molar-refractivity contribution in [3.8, 4) is 0 Å². The Bertz CT molecular complexity index is 618.